The van der Waals surface area contributed by atoms with Crippen molar-refractivity contribution in [2.24, 2.45) is 11.8 Å². The lowest BCUT2D eigenvalue weighted by atomic mass is 9.93. The fraction of sp³-hybridized carbons (Fsp3) is 0.524. The number of benzene rings is 1. The maximum Gasteiger partial charge on any atom is 0.244 e. The lowest BCUT2D eigenvalue weighted by molar-refractivity contribution is -0.120. The zero-order chi connectivity index (χ0) is 23.1. The minimum absolute atomic E-state index is 0.141. The Bertz CT molecular complexity index is 1230. The van der Waals surface area contributed by atoms with E-state index in [1.54, 1.807) is 0 Å². The summed E-state index contributed by atoms with van der Waals surface area (Å²) in [6.45, 7) is 2.53. The number of carbonyl (C=O) groups excluding carboxylic acids is 1. The first kappa shape index (κ1) is 23.3. The van der Waals surface area contributed by atoms with Crippen LogP contribution in [0.5, 0.6) is 0 Å². The van der Waals surface area contributed by atoms with Crippen LogP contribution in [0, 0.1) is 11.8 Å². The Hall–Kier alpha value is -1.82. The number of thiazole rings is 1. The van der Waals surface area contributed by atoms with Crippen LogP contribution in [-0.2, 0) is 37.5 Å². The molecule has 1 atom stereocenters. The van der Waals surface area contributed by atoms with Crippen molar-refractivity contribution in [1.82, 2.24) is 9.29 Å². The monoisotopic (exact) mass is 497 g/mol. The molecule has 8 nitrogen and oxygen atoms in total. The second-order valence-electron chi connectivity index (χ2n) is 8.62. The maximum absolute atomic E-state index is 13.1. The standard InChI is InChI=1S/C21H27N3O5S3/c1-14-7-8-16-17(13-14)30-21(22-16)23-20(25)15-9-11-24(12-10-15)32(28,29)19-6-4-3-5-18(19)31(2,26)27/h3-6,14-15H,7-13H2,1-2H3,(H,22,23,25). The number of aryl methyl sites for hydroxylation is 1. The van der Waals surface area contributed by atoms with E-state index in [-0.39, 0.29) is 34.7 Å². The Morgan fingerprint density at radius 3 is 2.41 bits per heavy atom. The predicted octanol–water partition coefficient (Wildman–Crippen LogP) is 2.71. The molecule has 2 heterocycles. The van der Waals surface area contributed by atoms with Gasteiger partial charge in [-0.1, -0.05) is 19.1 Å². The topological polar surface area (TPSA) is 114 Å². The number of piperidine rings is 1. The van der Waals surface area contributed by atoms with Gasteiger partial charge in [-0.05, 0) is 50.2 Å². The third-order valence-electron chi connectivity index (χ3n) is 6.11. The van der Waals surface area contributed by atoms with Gasteiger partial charge >= 0.3 is 0 Å². The summed E-state index contributed by atoms with van der Waals surface area (Å²) in [4.78, 5) is 18.2. The Balaban J connectivity index is 1.42. The molecule has 1 fully saturated rings. The maximum atomic E-state index is 13.1. The third kappa shape index (κ3) is 4.75. The molecule has 2 aromatic rings. The zero-order valence-electron chi connectivity index (χ0n) is 18.1. The summed E-state index contributed by atoms with van der Waals surface area (Å²) in [5, 5.41) is 3.54. The molecule has 1 aromatic heterocycles. The van der Waals surface area contributed by atoms with Gasteiger partial charge in [0.25, 0.3) is 0 Å². The van der Waals surface area contributed by atoms with Crippen LogP contribution in [0.4, 0.5) is 5.13 Å². The van der Waals surface area contributed by atoms with E-state index in [2.05, 4.69) is 17.2 Å². The van der Waals surface area contributed by atoms with E-state index in [9.17, 15) is 21.6 Å². The Morgan fingerprint density at radius 1 is 1.09 bits per heavy atom. The summed E-state index contributed by atoms with van der Waals surface area (Å²) in [7, 11) is -7.67. The van der Waals surface area contributed by atoms with Gasteiger partial charge in [0.15, 0.2) is 15.0 Å². The molecular weight excluding hydrogens is 470 g/mol. The van der Waals surface area contributed by atoms with Gasteiger partial charge in [-0.25, -0.2) is 21.8 Å². The number of rotatable bonds is 5. The summed E-state index contributed by atoms with van der Waals surface area (Å²) < 4.78 is 51.6. The summed E-state index contributed by atoms with van der Waals surface area (Å²) >= 11 is 1.53. The van der Waals surface area contributed by atoms with Crippen LogP contribution in [0.25, 0.3) is 0 Å². The van der Waals surface area contributed by atoms with E-state index in [4.69, 9.17) is 0 Å². The Kier molecular flexibility index (Phi) is 6.45. The molecule has 0 bridgehead atoms. The highest BCUT2D eigenvalue weighted by Crippen LogP contribution is 2.33. The average Bonchev–Trinajstić information content (AvgIpc) is 3.14. The van der Waals surface area contributed by atoms with Crippen LogP contribution in [0.1, 0.15) is 36.8 Å². The van der Waals surface area contributed by atoms with Crippen LogP contribution in [-0.4, -0.2) is 51.4 Å². The first-order chi connectivity index (χ1) is 15.1. The van der Waals surface area contributed by atoms with E-state index in [1.807, 2.05) is 0 Å². The van der Waals surface area contributed by atoms with Crippen LogP contribution in [0.3, 0.4) is 0 Å². The van der Waals surface area contributed by atoms with Crippen LogP contribution < -0.4 is 5.32 Å². The normalized spacial score (nSPS) is 20.6. The molecule has 1 aromatic carbocycles. The van der Waals surface area contributed by atoms with E-state index < -0.39 is 19.9 Å². The van der Waals surface area contributed by atoms with Gasteiger partial charge in [-0.15, -0.1) is 11.3 Å². The number of aromatic nitrogens is 1. The number of sulfonamides is 1. The van der Waals surface area contributed by atoms with Crippen molar-refractivity contribution < 1.29 is 21.6 Å². The molecule has 0 radical (unpaired) electrons. The quantitative estimate of drug-likeness (QED) is 0.680. The number of carbonyl (C=O) groups is 1. The van der Waals surface area contributed by atoms with Gasteiger partial charge < -0.3 is 5.32 Å². The fourth-order valence-electron chi connectivity index (χ4n) is 4.27. The highest BCUT2D eigenvalue weighted by atomic mass is 32.2. The number of anilines is 1. The highest BCUT2D eigenvalue weighted by molar-refractivity contribution is 7.93. The second-order valence-corrected chi connectivity index (χ2v) is 13.6. The highest BCUT2D eigenvalue weighted by Gasteiger charge is 2.35. The van der Waals surface area contributed by atoms with Crippen LogP contribution >= 0.6 is 11.3 Å². The smallest absolute Gasteiger partial charge is 0.244 e. The molecule has 1 amide bonds. The number of nitrogens with one attached hydrogen (secondary N) is 1. The fourth-order valence-corrected chi connectivity index (χ4v) is 8.51. The van der Waals surface area contributed by atoms with Gasteiger partial charge in [0.1, 0.15) is 4.90 Å². The van der Waals surface area contributed by atoms with Crippen LogP contribution in [0.15, 0.2) is 34.1 Å². The van der Waals surface area contributed by atoms with Gasteiger partial charge in [-0.3, -0.25) is 4.79 Å². The summed E-state index contributed by atoms with van der Waals surface area (Å²) in [5.41, 5.74) is 1.08. The minimum Gasteiger partial charge on any atom is -0.302 e. The lowest BCUT2D eigenvalue weighted by Crippen LogP contribution is -2.41. The molecule has 1 aliphatic carbocycles. The van der Waals surface area contributed by atoms with Gasteiger partial charge in [0, 0.05) is 30.1 Å². The number of sulfone groups is 1. The number of nitrogens with zero attached hydrogens (tertiary/aromatic N) is 2. The first-order valence-corrected chi connectivity index (χ1v) is 14.8. The van der Waals surface area contributed by atoms with Crippen molar-refractivity contribution in [2.45, 2.75) is 48.8 Å². The Labute approximate surface area is 193 Å². The van der Waals surface area contributed by atoms with Crippen molar-refractivity contribution in [2.75, 3.05) is 24.7 Å². The molecule has 174 valence electrons. The Morgan fingerprint density at radius 2 is 1.75 bits per heavy atom. The number of hydrogen-bond donors (Lipinski definition) is 1. The molecule has 0 saturated carbocycles. The molecule has 4 rings (SSSR count). The number of hydrogen-bond acceptors (Lipinski definition) is 7. The third-order valence-corrected chi connectivity index (χ3v) is 10.4. The van der Waals surface area contributed by atoms with Crippen molar-refractivity contribution >= 4 is 42.2 Å². The second kappa shape index (κ2) is 8.85. The van der Waals surface area contributed by atoms with Crippen molar-refractivity contribution in [3.05, 3.63) is 34.8 Å². The molecule has 1 saturated heterocycles. The van der Waals surface area contributed by atoms with E-state index in [1.165, 1.54) is 44.8 Å². The average molecular weight is 498 g/mol. The summed E-state index contributed by atoms with van der Waals surface area (Å²) in [6, 6.07) is 5.63. The molecule has 11 heteroatoms. The molecule has 1 N–H and O–H groups in total. The minimum atomic E-state index is -3.98. The van der Waals surface area contributed by atoms with Crippen molar-refractivity contribution in [3.8, 4) is 0 Å². The molecule has 1 unspecified atom stereocenters. The predicted molar refractivity (Wildman–Crippen MR) is 123 cm³/mol. The molecule has 2 aliphatic rings. The number of fused-ring (bicyclic) bond motifs is 1. The molecule has 32 heavy (non-hydrogen) atoms. The van der Waals surface area contributed by atoms with Gasteiger partial charge in [-0.2, -0.15) is 4.31 Å². The summed E-state index contributed by atoms with van der Waals surface area (Å²) in [5.74, 6) is 0.176. The van der Waals surface area contributed by atoms with Crippen molar-refractivity contribution in [3.63, 3.8) is 0 Å². The number of amides is 1. The van der Waals surface area contributed by atoms with Gasteiger partial charge in [0.05, 0.1) is 10.6 Å². The first-order valence-electron chi connectivity index (χ1n) is 10.6. The van der Waals surface area contributed by atoms with E-state index in [0.29, 0.717) is 23.9 Å². The van der Waals surface area contributed by atoms with Gasteiger partial charge in [0.2, 0.25) is 15.9 Å². The SMILES string of the molecule is CC1CCc2nc(NC(=O)C3CCN(S(=O)(=O)c4ccccc4S(C)(=O)=O)CC3)sc2C1. The van der Waals surface area contributed by atoms with Crippen LogP contribution in [0.2, 0.25) is 0 Å². The summed E-state index contributed by atoms with van der Waals surface area (Å²) in [6.07, 6.45) is 4.78. The van der Waals surface area contributed by atoms with E-state index in [0.717, 1.165) is 31.2 Å². The molecular formula is C21H27N3O5S3. The zero-order valence-corrected chi connectivity index (χ0v) is 20.5. The van der Waals surface area contributed by atoms with E-state index >= 15 is 0 Å². The van der Waals surface area contributed by atoms with Crippen molar-refractivity contribution in [1.29, 1.82) is 0 Å². The largest absolute Gasteiger partial charge is 0.302 e. The molecule has 1 aliphatic heterocycles. The molecule has 0 spiro atoms. The lowest BCUT2D eigenvalue weighted by Gasteiger charge is -2.30.